The van der Waals surface area contributed by atoms with E-state index in [-0.39, 0.29) is 52.0 Å². The summed E-state index contributed by atoms with van der Waals surface area (Å²) in [7, 11) is 0. The predicted molar refractivity (Wildman–Crippen MR) is 189 cm³/mol. The number of phenolic OH excluding ortho intramolecular Hbond substituents is 2. The molecule has 11 nitrogen and oxygen atoms in total. The van der Waals surface area contributed by atoms with Gasteiger partial charge < -0.3 is 45.2 Å². The van der Waals surface area contributed by atoms with Crippen molar-refractivity contribution in [1.82, 2.24) is 0 Å². The van der Waals surface area contributed by atoms with Gasteiger partial charge in [0, 0.05) is 17.4 Å². The van der Waals surface area contributed by atoms with Gasteiger partial charge >= 0.3 is 5.97 Å². The Kier molecular flexibility index (Phi) is 11.7. The lowest BCUT2D eigenvalue weighted by molar-refractivity contribution is -0.315. The normalized spacial score (nSPS) is 22.0. The van der Waals surface area contributed by atoms with Crippen LogP contribution in [0.1, 0.15) is 76.1 Å². The molecule has 0 saturated carbocycles. The van der Waals surface area contributed by atoms with Crippen LogP contribution in [0.5, 0.6) is 17.2 Å². The van der Waals surface area contributed by atoms with E-state index in [0.717, 1.165) is 36.1 Å². The number of ketones is 1. The summed E-state index contributed by atoms with van der Waals surface area (Å²) in [6.07, 6.45) is -4.51. The Morgan fingerprint density at radius 3 is 2.20 bits per heavy atom. The summed E-state index contributed by atoms with van der Waals surface area (Å²) >= 11 is 0. The monoisotopic (exact) mass is 702 g/mol. The molecule has 0 aliphatic carbocycles. The van der Waals surface area contributed by atoms with Crippen molar-refractivity contribution in [3.05, 3.63) is 100 Å². The van der Waals surface area contributed by atoms with E-state index >= 15 is 0 Å². The second-order valence-electron chi connectivity index (χ2n) is 13.7. The zero-order valence-corrected chi connectivity index (χ0v) is 29.0. The van der Waals surface area contributed by atoms with Gasteiger partial charge in [-0.15, -0.1) is 0 Å². The van der Waals surface area contributed by atoms with Gasteiger partial charge in [0.15, 0.2) is 5.78 Å². The second kappa shape index (κ2) is 15.8. The first-order valence-electron chi connectivity index (χ1n) is 17.2. The van der Waals surface area contributed by atoms with Gasteiger partial charge in [0.05, 0.1) is 23.1 Å². The molecule has 11 heteroatoms. The summed E-state index contributed by atoms with van der Waals surface area (Å²) in [6.45, 7) is 4.52. The Morgan fingerprint density at radius 1 is 0.922 bits per heavy atom. The molecule has 0 aromatic heterocycles. The van der Waals surface area contributed by atoms with Crippen LogP contribution < -0.4 is 4.74 Å². The largest absolute Gasteiger partial charge is 0.507 e. The van der Waals surface area contributed by atoms with E-state index in [2.05, 4.69) is 12.1 Å². The van der Waals surface area contributed by atoms with Crippen LogP contribution in [0.25, 0.3) is 10.8 Å². The number of benzene rings is 4. The standard InChI is InChI=1S/C40H46O11/c1-22(2)17-18-40(49)31(21-41)51-39(36(45)37(40)46)50-30-20-27(38(47)48)19-28-33(30)35(44)32(23(3)34(28)43)29(42)16-15-26-12-8-7-11-25(26)14-13-24-9-5-4-6-10-24/h4-12,19-20,22,31,36-37,39,41,43-46,49H,13-18,21H2,1-3H3,(H,47,48). The van der Waals surface area contributed by atoms with Crippen molar-refractivity contribution in [2.45, 2.75) is 89.5 Å². The molecule has 4 aromatic rings. The molecule has 4 aromatic carbocycles. The average molecular weight is 703 g/mol. The molecule has 0 spiro atoms. The first-order chi connectivity index (χ1) is 24.3. The zero-order valence-electron chi connectivity index (χ0n) is 29.0. The Labute approximate surface area is 296 Å². The third kappa shape index (κ3) is 7.88. The molecule has 272 valence electrons. The van der Waals surface area contributed by atoms with Gasteiger partial charge in [0.25, 0.3) is 0 Å². The summed E-state index contributed by atoms with van der Waals surface area (Å²) in [6, 6.07) is 20.0. The smallest absolute Gasteiger partial charge is 0.335 e. The Hall–Kier alpha value is -4.52. The van der Waals surface area contributed by atoms with Gasteiger partial charge in [-0.05, 0) is 73.8 Å². The fourth-order valence-electron chi connectivity index (χ4n) is 6.82. The number of carbonyl (C=O) groups is 2. The number of hydrogen-bond donors (Lipinski definition) is 7. The minimum Gasteiger partial charge on any atom is -0.507 e. The number of aromatic hydroxyl groups is 2. The molecule has 1 aliphatic heterocycles. The molecular formula is C40H46O11. The number of rotatable bonds is 14. The molecule has 0 bridgehead atoms. The first-order valence-corrected chi connectivity index (χ1v) is 17.2. The Morgan fingerprint density at radius 2 is 1.57 bits per heavy atom. The maximum absolute atomic E-state index is 13.8. The lowest BCUT2D eigenvalue weighted by Crippen LogP contribution is -2.67. The van der Waals surface area contributed by atoms with Crippen molar-refractivity contribution in [2.24, 2.45) is 5.92 Å². The molecule has 1 fully saturated rings. The van der Waals surface area contributed by atoms with Gasteiger partial charge in [-0.1, -0.05) is 68.4 Å². The fourth-order valence-corrected chi connectivity index (χ4v) is 6.82. The van der Waals surface area contributed by atoms with Crippen LogP contribution in [0.3, 0.4) is 0 Å². The molecule has 0 amide bonds. The minimum absolute atomic E-state index is 0.00478. The van der Waals surface area contributed by atoms with Crippen LogP contribution in [-0.4, -0.2) is 84.3 Å². The highest BCUT2D eigenvalue weighted by Gasteiger charge is 2.55. The van der Waals surface area contributed by atoms with Gasteiger partial charge in [-0.3, -0.25) is 4.79 Å². The molecule has 5 unspecified atom stereocenters. The lowest BCUT2D eigenvalue weighted by Gasteiger charge is -2.48. The maximum Gasteiger partial charge on any atom is 0.335 e. The number of aliphatic hydroxyl groups is 4. The summed E-state index contributed by atoms with van der Waals surface area (Å²) in [5, 5.41) is 75.9. The molecule has 1 aliphatic rings. The number of carboxylic acids is 1. The van der Waals surface area contributed by atoms with Crippen LogP contribution in [-0.2, 0) is 24.0 Å². The van der Waals surface area contributed by atoms with E-state index < -0.39 is 60.1 Å². The number of aliphatic hydroxyl groups excluding tert-OH is 3. The third-order valence-corrected chi connectivity index (χ3v) is 9.85. The highest BCUT2D eigenvalue weighted by Crippen LogP contribution is 2.46. The zero-order chi connectivity index (χ0) is 37.0. The molecule has 1 saturated heterocycles. The number of carbonyl (C=O) groups excluding carboxylic acids is 1. The Bertz CT molecular complexity index is 1870. The SMILES string of the molecule is Cc1c(C(=O)CCc2ccccc2CCc2ccccc2)c(O)c2c(OC3OC(CO)C(O)(CCC(C)C)C(O)C3O)cc(C(=O)O)cc2c1O. The van der Waals surface area contributed by atoms with Gasteiger partial charge in [-0.25, -0.2) is 4.79 Å². The van der Waals surface area contributed by atoms with Crippen molar-refractivity contribution in [3.63, 3.8) is 0 Å². The molecule has 0 radical (unpaired) electrons. The van der Waals surface area contributed by atoms with Crippen LogP contribution in [0.4, 0.5) is 0 Å². The van der Waals surface area contributed by atoms with Gasteiger partial charge in [-0.2, -0.15) is 0 Å². The van der Waals surface area contributed by atoms with Crippen LogP contribution in [0, 0.1) is 12.8 Å². The van der Waals surface area contributed by atoms with Crippen molar-refractivity contribution >= 4 is 22.5 Å². The maximum atomic E-state index is 13.8. The lowest BCUT2D eigenvalue weighted by atomic mass is 9.79. The number of carboxylic acid groups (broad SMARTS) is 1. The highest BCUT2D eigenvalue weighted by molar-refractivity contribution is 6.11. The fraction of sp³-hybridized carbons (Fsp3) is 0.400. The predicted octanol–water partition coefficient (Wildman–Crippen LogP) is 4.84. The number of ether oxygens (including phenoxy) is 2. The van der Waals surface area contributed by atoms with Crippen molar-refractivity contribution < 1.29 is 54.8 Å². The minimum atomic E-state index is -2.03. The van der Waals surface area contributed by atoms with Gasteiger partial charge in [0.1, 0.15) is 41.2 Å². The van der Waals surface area contributed by atoms with Crippen molar-refractivity contribution in [3.8, 4) is 17.2 Å². The van der Waals surface area contributed by atoms with Gasteiger partial charge in [0.2, 0.25) is 6.29 Å². The topological polar surface area (TPSA) is 194 Å². The first kappa shape index (κ1) is 37.7. The van der Waals surface area contributed by atoms with E-state index in [1.54, 1.807) is 0 Å². The molecule has 1 heterocycles. The quantitative estimate of drug-likeness (QED) is 0.0702. The van der Waals surface area contributed by atoms with E-state index in [4.69, 9.17) is 9.47 Å². The summed E-state index contributed by atoms with van der Waals surface area (Å²) in [4.78, 5) is 25.9. The molecule has 7 N–H and O–H groups in total. The average Bonchev–Trinajstić information content (AvgIpc) is 3.12. The van der Waals surface area contributed by atoms with Crippen LogP contribution in [0.15, 0.2) is 66.7 Å². The van der Waals surface area contributed by atoms with E-state index in [1.807, 2.05) is 56.3 Å². The third-order valence-electron chi connectivity index (χ3n) is 9.85. The van der Waals surface area contributed by atoms with Crippen LogP contribution in [0.2, 0.25) is 0 Å². The number of Topliss-reactive ketones (excluding diaryl/α,β-unsaturated/α-hetero) is 1. The summed E-state index contributed by atoms with van der Waals surface area (Å²) < 4.78 is 11.7. The number of aromatic carboxylic acids is 1. The highest BCUT2D eigenvalue weighted by atomic mass is 16.7. The molecule has 51 heavy (non-hydrogen) atoms. The molecule has 5 rings (SSSR count). The molecule has 5 atom stereocenters. The van der Waals surface area contributed by atoms with E-state index in [9.17, 15) is 45.3 Å². The summed E-state index contributed by atoms with van der Waals surface area (Å²) in [5.41, 5.74) is 0.712. The van der Waals surface area contributed by atoms with E-state index in [1.165, 1.54) is 12.5 Å². The molecular weight excluding hydrogens is 656 g/mol. The second-order valence-corrected chi connectivity index (χ2v) is 13.7. The van der Waals surface area contributed by atoms with Crippen molar-refractivity contribution in [1.29, 1.82) is 0 Å². The number of phenols is 2. The number of fused-ring (bicyclic) bond motifs is 1. The van der Waals surface area contributed by atoms with E-state index in [0.29, 0.717) is 12.8 Å². The van der Waals surface area contributed by atoms with Crippen LogP contribution >= 0.6 is 0 Å². The number of aryl methyl sites for hydroxylation is 3. The Balaban J connectivity index is 1.47. The number of hydrogen-bond acceptors (Lipinski definition) is 10. The summed E-state index contributed by atoms with van der Waals surface area (Å²) in [5.74, 6) is -3.16. The van der Waals surface area contributed by atoms with Crippen molar-refractivity contribution in [2.75, 3.05) is 6.61 Å².